The van der Waals surface area contributed by atoms with Crippen LogP contribution in [-0.2, 0) is 9.53 Å². The number of carbonyl (C=O) groups is 1. The van der Waals surface area contributed by atoms with Gasteiger partial charge in [0.1, 0.15) is 5.75 Å². The van der Waals surface area contributed by atoms with Crippen LogP contribution < -0.4 is 14.5 Å². The van der Waals surface area contributed by atoms with E-state index in [1.807, 2.05) is 0 Å². The van der Waals surface area contributed by atoms with Crippen LogP contribution in [0.5, 0.6) is 5.75 Å². The van der Waals surface area contributed by atoms with Crippen LogP contribution in [-0.4, -0.2) is 57.1 Å². The number of aliphatic hydroxyl groups is 1. The molecular weight excluding hydrogens is 500 g/mol. The number of methoxy groups -OCH3 is 2. The van der Waals surface area contributed by atoms with Crippen molar-refractivity contribution in [2.45, 2.75) is 89.3 Å². The molecule has 0 radical (unpaired) electrons. The molecule has 6 nitrogen and oxygen atoms in total. The summed E-state index contributed by atoms with van der Waals surface area (Å²) >= 11 is 0. The summed E-state index contributed by atoms with van der Waals surface area (Å²) in [7, 11) is 3.53. The molecule has 1 saturated heterocycles. The van der Waals surface area contributed by atoms with Crippen molar-refractivity contribution >= 4 is 17.3 Å². The minimum absolute atomic E-state index is 0.00136. The zero-order valence-electron chi connectivity index (χ0n) is 24.7. The zero-order valence-corrected chi connectivity index (χ0v) is 24.7. The van der Waals surface area contributed by atoms with Crippen LogP contribution in [0.25, 0.3) is 0 Å². The second-order valence-electron chi connectivity index (χ2n) is 12.4. The second kappa shape index (κ2) is 13.4. The van der Waals surface area contributed by atoms with E-state index in [1.54, 1.807) is 14.2 Å². The highest BCUT2D eigenvalue weighted by Gasteiger charge is 2.33. The maximum absolute atomic E-state index is 14.0. The lowest BCUT2D eigenvalue weighted by atomic mass is 9.78. The molecule has 1 atom stereocenters. The highest BCUT2D eigenvalue weighted by atomic mass is 16.5. The number of amides is 1. The number of ether oxygens (including phenoxy) is 2. The van der Waals surface area contributed by atoms with Crippen molar-refractivity contribution < 1.29 is 19.4 Å². The Bertz CT molecular complexity index is 1120. The molecular formula is C34H48N2O4. The fourth-order valence-electron chi connectivity index (χ4n) is 7.18. The number of benzene rings is 2. The van der Waals surface area contributed by atoms with Gasteiger partial charge in [0.05, 0.1) is 19.3 Å². The van der Waals surface area contributed by atoms with Crippen molar-refractivity contribution in [3.63, 3.8) is 0 Å². The van der Waals surface area contributed by atoms with Gasteiger partial charge in [-0.3, -0.25) is 4.79 Å². The molecule has 2 aromatic rings. The zero-order chi connectivity index (χ0) is 28.1. The molecule has 0 aromatic heterocycles. The highest BCUT2D eigenvalue weighted by Crippen LogP contribution is 2.39. The van der Waals surface area contributed by atoms with Crippen molar-refractivity contribution in [3.8, 4) is 5.75 Å². The Labute approximate surface area is 240 Å². The molecule has 218 valence electrons. The van der Waals surface area contributed by atoms with Gasteiger partial charge in [0.15, 0.2) is 0 Å². The summed E-state index contributed by atoms with van der Waals surface area (Å²) in [6.45, 7) is 4.81. The Balaban J connectivity index is 1.31. The summed E-state index contributed by atoms with van der Waals surface area (Å²) in [5, 5.41) is 10.1. The largest absolute Gasteiger partial charge is 0.496 e. The Kier molecular flexibility index (Phi) is 9.69. The van der Waals surface area contributed by atoms with Gasteiger partial charge in [-0.05, 0) is 118 Å². The minimum Gasteiger partial charge on any atom is -0.496 e. The molecule has 0 bridgehead atoms. The van der Waals surface area contributed by atoms with Gasteiger partial charge >= 0.3 is 0 Å². The maximum atomic E-state index is 14.0. The Morgan fingerprint density at radius 2 is 1.75 bits per heavy atom. The third-order valence-electron chi connectivity index (χ3n) is 9.71. The molecule has 3 aliphatic rings. The van der Waals surface area contributed by atoms with Gasteiger partial charge in [-0.15, -0.1) is 0 Å². The molecule has 40 heavy (non-hydrogen) atoms. The summed E-state index contributed by atoms with van der Waals surface area (Å²) in [6, 6.07) is 15.2. The SMILES string of the molecule is COc1ccc([C@H]2CC[C@H](CN(c3cccc(N4CCCC(OC)C4)c3)C(=O)[C@H]3CC[C@H](O)CC3)CC2)cc1C. The lowest BCUT2D eigenvalue weighted by molar-refractivity contribution is -0.124. The average Bonchev–Trinajstić information content (AvgIpc) is 3.00. The van der Waals surface area contributed by atoms with Crippen molar-refractivity contribution in [2.24, 2.45) is 11.8 Å². The summed E-state index contributed by atoms with van der Waals surface area (Å²) in [4.78, 5) is 18.6. The quantitative estimate of drug-likeness (QED) is 0.409. The molecule has 6 heteroatoms. The molecule has 1 aliphatic heterocycles. The van der Waals surface area contributed by atoms with E-state index in [1.165, 1.54) is 16.8 Å². The first-order chi connectivity index (χ1) is 19.4. The highest BCUT2D eigenvalue weighted by molar-refractivity contribution is 5.95. The molecule has 2 aromatic carbocycles. The second-order valence-corrected chi connectivity index (χ2v) is 12.4. The molecule has 1 unspecified atom stereocenters. The number of carbonyl (C=O) groups excluding carboxylic acids is 1. The first kappa shape index (κ1) is 28.9. The van der Waals surface area contributed by atoms with Crippen LogP contribution in [0.3, 0.4) is 0 Å². The first-order valence-electron chi connectivity index (χ1n) is 15.5. The molecule has 3 fully saturated rings. The normalized spacial score (nSPS) is 27.3. The number of piperidine rings is 1. The van der Waals surface area contributed by atoms with Crippen LogP contribution in [0.15, 0.2) is 42.5 Å². The van der Waals surface area contributed by atoms with Crippen molar-refractivity contribution in [1.82, 2.24) is 0 Å². The standard InChI is InChI=1S/C34H48N2O4/c1-24-20-28(15-18-33(24)40-3)26-11-9-25(10-12-26)22-36(34(38)27-13-16-31(37)17-14-27)30-7-4-6-29(21-30)35-19-5-8-32(23-35)39-2/h4,6-7,15,18,20-21,25-27,31-32,37H,5,8-14,16-17,19,22-23H2,1-3H3/t25-,26-,27-,31-,32?. The fraction of sp³-hybridized carbons (Fsp3) is 0.618. The van der Waals surface area contributed by atoms with Crippen LogP contribution in [0.4, 0.5) is 11.4 Å². The van der Waals surface area contributed by atoms with E-state index in [9.17, 15) is 9.90 Å². The number of hydrogen-bond acceptors (Lipinski definition) is 5. The maximum Gasteiger partial charge on any atom is 0.230 e. The Morgan fingerprint density at radius 3 is 2.45 bits per heavy atom. The molecule has 2 aliphatic carbocycles. The van der Waals surface area contributed by atoms with Gasteiger partial charge in [0.25, 0.3) is 0 Å². The first-order valence-corrected chi connectivity index (χ1v) is 15.5. The van der Waals surface area contributed by atoms with E-state index < -0.39 is 0 Å². The smallest absolute Gasteiger partial charge is 0.230 e. The van der Waals surface area contributed by atoms with Gasteiger partial charge < -0.3 is 24.4 Å². The van der Waals surface area contributed by atoms with Crippen LogP contribution in [0, 0.1) is 18.8 Å². The third kappa shape index (κ3) is 6.83. The molecule has 0 spiro atoms. The van der Waals surface area contributed by atoms with E-state index in [0.717, 1.165) is 95.3 Å². The number of rotatable bonds is 8. The topological polar surface area (TPSA) is 62.2 Å². The van der Waals surface area contributed by atoms with Gasteiger partial charge in [-0.1, -0.05) is 18.2 Å². The monoisotopic (exact) mass is 548 g/mol. The van der Waals surface area contributed by atoms with Crippen molar-refractivity contribution in [1.29, 1.82) is 0 Å². The van der Waals surface area contributed by atoms with E-state index >= 15 is 0 Å². The number of aliphatic hydroxyl groups excluding tert-OH is 1. The van der Waals surface area contributed by atoms with Crippen LogP contribution >= 0.6 is 0 Å². The van der Waals surface area contributed by atoms with E-state index in [4.69, 9.17) is 9.47 Å². The van der Waals surface area contributed by atoms with Crippen molar-refractivity contribution in [3.05, 3.63) is 53.6 Å². The van der Waals surface area contributed by atoms with Crippen LogP contribution in [0.1, 0.15) is 81.3 Å². The summed E-state index contributed by atoms with van der Waals surface area (Å²) in [6.07, 6.45) is 9.79. The molecule has 5 rings (SSSR count). The predicted molar refractivity (Wildman–Crippen MR) is 161 cm³/mol. The Hall–Kier alpha value is -2.57. The van der Waals surface area contributed by atoms with Gasteiger partial charge in [-0.25, -0.2) is 0 Å². The van der Waals surface area contributed by atoms with Gasteiger partial charge in [0, 0.05) is 44.0 Å². The molecule has 2 saturated carbocycles. The third-order valence-corrected chi connectivity index (χ3v) is 9.71. The van der Waals surface area contributed by atoms with E-state index in [2.05, 4.69) is 59.2 Å². The van der Waals surface area contributed by atoms with Crippen molar-refractivity contribution in [2.75, 3.05) is 43.7 Å². The minimum atomic E-state index is -0.259. The molecule has 1 N–H and O–H groups in total. The lowest BCUT2D eigenvalue weighted by Crippen LogP contribution is -2.42. The summed E-state index contributed by atoms with van der Waals surface area (Å²) < 4.78 is 11.1. The molecule has 1 amide bonds. The number of hydrogen-bond donors (Lipinski definition) is 1. The number of aryl methyl sites for hydroxylation is 1. The lowest BCUT2D eigenvalue weighted by Gasteiger charge is -2.37. The predicted octanol–water partition coefficient (Wildman–Crippen LogP) is 6.48. The van der Waals surface area contributed by atoms with Gasteiger partial charge in [-0.2, -0.15) is 0 Å². The Morgan fingerprint density at radius 1 is 0.975 bits per heavy atom. The summed E-state index contributed by atoms with van der Waals surface area (Å²) in [5.74, 6) is 2.25. The number of anilines is 2. The summed E-state index contributed by atoms with van der Waals surface area (Å²) in [5.41, 5.74) is 4.80. The van der Waals surface area contributed by atoms with Crippen LogP contribution in [0.2, 0.25) is 0 Å². The van der Waals surface area contributed by atoms with E-state index in [0.29, 0.717) is 11.8 Å². The van der Waals surface area contributed by atoms with E-state index in [-0.39, 0.29) is 24.0 Å². The number of nitrogens with zero attached hydrogens (tertiary/aromatic N) is 2. The van der Waals surface area contributed by atoms with Gasteiger partial charge in [0.2, 0.25) is 5.91 Å². The average molecular weight is 549 g/mol. The molecule has 1 heterocycles. The fourth-order valence-corrected chi connectivity index (χ4v) is 7.18.